The Morgan fingerprint density at radius 2 is 1.94 bits per heavy atom. The van der Waals surface area contributed by atoms with Crippen molar-refractivity contribution in [3.8, 4) is 0 Å². The van der Waals surface area contributed by atoms with Crippen molar-refractivity contribution in [3.63, 3.8) is 0 Å². The summed E-state index contributed by atoms with van der Waals surface area (Å²) in [6.45, 7) is 4.36. The molecule has 0 aliphatic heterocycles. The van der Waals surface area contributed by atoms with E-state index in [0.29, 0.717) is 0 Å². The highest BCUT2D eigenvalue weighted by Gasteiger charge is 2.19. The number of pyridine rings is 1. The first-order valence-corrected chi connectivity index (χ1v) is 6.23. The van der Waals surface area contributed by atoms with Gasteiger partial charge in [0, 0.05) is 11.1 Å². The molecule has 1 aliphatic rings. The number of aliphatic hydroxyl groups is 1. The molecule has 3 rings (SSSR count). The molecule has 0 fully saturated rings. The van der Waals surface area contributed by atoms with Crippen LogP contribution in [0.25, 0.3) is 10.9 Å². The van der Waals surface area contributed by atoms with Crippen LogP contribution in [0.4, 0.5) is 0 Å². The van der Waals surface area contributed by atoms with Gasteiger partial charge in [-0.25, -0.2) is 0 Å². The van der Waals surface area contributed by atoms with E-state index in [2.05, 4.69) is 26.0 Å². The summed E-state index contributed by atoms with van der Waals surface area (Å²) < 4.78 is 0. The number of aryl methyl sites for hydroxylation is 3. The number of aliphatic hydroxyl groups excluding tert-OH is 1. The lowest BCUT2D eigenvalue weighted by Crippen LogP contribution is -1.99. The molecule has 1 aromatic carbocycles. The van der Waals surface area contributed by atoms with Gasteiger partial charge >= 0.3 is 0 Å². The fourth-order valence-electron chi connectivity index (χ4n) is 2.80. The van der Waals surface area contributed by atoms with Gasteiger partial charge in [-0.2, -0.15) is 0 Å². The number of fused-ring (bicyclic) bond motifs is 2. The number of aromatic nitrogens is 1. The number of rotatable bonds is 1. The van der Waals surface area contributed by atoms with Crippen LogP contribution in [-0.2, 0) is 19.4 Å². The van der Waals surface area contributed by atoms with Gasteiger partial charge in [-0.15, -0.1) is 0 Å². The van der Waals surface area contributed by atoms with Crippen LogP contribution in [0.5, 0.6) is 0 Å². The van der Waals surface area contributed by atoms with Crippen molar-refractivity contribution in [2.24, 2.45) is 0 Å². The maximum atomic E-state index is 9.63. The summed E-state index contributed by atoms with van der Waals surface area (Å²) in [5.74, 6) is 0. The van der Waals surface area contributed by atoms with Crippen molar-refractivity contribution >= 4 is 10.9 Å². The molecule has 0 radical (unpaired) electrons. The molecule has 0 amide bonds. The van der Waals surface area contributed by atoms with E-state index in [-0.39, 0.29) is 6.61 Å². The van der Waals surface area contributed by atoms with E-state index < -0.39 is 0 Å². The summed E-state index contributed by atoms with van der Waals surface area (Å²) in [6, 6.07) is 4.31. The third-order valence-corrected chi connectivity index (χ3v) is 3.90. The SMILES string of the molecule is Cc1cc2nc3c(c(CO)c2cc1C)CCC3. The second kappa shape index (κ2) is 3.81. The van der Waals surface area contributed by atoms with Crippen LogP contribution in [0, 0.1) is 13.8 Å². The third-order valence-electron chi connectivity index (χ3n) is 3.90. The summed E-state index contributed by atoms with van der Waals surface area (Å²) >= 11 is 0. The highest BCUT2D eigenvalue weighted by Crippen LogP contribution is 2.31. The summed E-state index contributed by atoms with van der Waals surface area (Å²) in [5.41, 5.74) is 7.18. The molecule has 2 aromatic rings. The van der Waals surface area contributed by atoms with Crippen LogP contribution in [0.3, 0.4) is 0 Å². The summed E-state index contributed by atoms with van der Waals surface area (Å²) in [7, 11) is 0. The largest absolute Gasteiger partial charge is 0.392 e. The topological polar surface area (TPSA) is 33.1 Å². The number of hydrogen-bond donors (Lipinski definition) is 1. The van der Waals surface area contributed by atoms with Crippen LogP contribution in [-0.4, -0.2) is 10.1 Å². The Kier molecular flexibility index (Phi) is 2.40. The van der Waals surface area contributed by atoms with Crippen molar-refractivity contribution in [2.75, 3.05) is 0 Å². The molecule has 88 valence electrons. The van der Waals surface area contributed by atoms with E-state index in [1.54, 1.807) is 0 Å². The molecule has 0 bridgehead atoms. The van der Waals surface area contributed by atoms with E-state index >= 15 is 0 Å². The first-order valence-electron chi connectivity index (χ1n) is 6.23. The molecule has 0 saturated heterocycles. The molecule has 0 saturated carbocycles. The van der Waals surface area contributed by atoms with Gasteiger partial charge in [0.2, 0.25) is 0 Å². The van der Waals surface area contributed by atoms with Crippen molar-refractivity contribution in [1.29, 1.82) is 0 Å². The Bertz CT molecular complexity index is 602. The number of nitrogens with zero attached hydrogens (tertiary/aromatic N) is 1. The van der Waals surface area contributed by atoms with Gasteiger partial charge < -0.3 is 5.11 Å². The molecule has 0 spiro atoms. The quantitative estimate of drug-likeness (QED) is 0.812. The Balaban J connectivity index is 2.41. The van der Waals surface area contributed by atoms with Gasteiger partial charge in [0.05, 0.1) is 12.1 Å². The zero-order valence-electron chi connectivity index (χ0n) is 10.4. The smallest absolute Gasteiger partial charge is 0.0711 e. The molecule has 2 heteroatoms. The first-order chi connectivity index (χ1) is 8.20. The summed E-state index contributed by atoms with van der Waals surface area (Å²) in [4.78, 5) is 4.76. The van der Waals surface area contributed by atoms with Gasteiger partial charge in [-0.1, -0.05) is 0 Å². The van der Waals surface area contributed by atoms with E-state index in [0.717, 1.165) is 29.3 Å². The summed E-state index contributed by atoms with van der Waals surface area (Å²) in [5, 5.41) is 10.8. The predicted molar refractivity (Wildman–Crippen MR) is 69.2 cm³/mol. The Hall–Kier alpha value is -1.41. The molecule has 1 aliphatic carbocycles. The van der Waals surface area contributed by atoms with Gasteiger partial charge in [0.1, 0.15) is 0 Å². The Morgan fingerprint density at radius 3 is 2.71 bits per heavy atom. The first kappa shape index (κ1) is 10.7. The molecule has 0 atom stereocenters. The second-order valence-electron chi connectivity index (χ2n) is 4.98. The highest BCUT2D eigenvalue weighted by atomic mass is 16.3. The minimum absolute atomic E-state index is 0.129. The van der Waals surface area contributed by atoms with Gasteiger partial charge in [0.15, 0.2) is 0 Å². The van der Waals surface area contributed by atoms with Gasteiger partial charge in [-0.3, -0.25) is 4.98 Å². The fraction of sp³-hybridized carbons (Fsp3) is 0.400. The summed E-state index contributed by atoms with van der Waals surface area (Å²) in [6.07, 6.45) is 3.30. The Morgan fingerprint density at radius 1 is 1.18 bits per heavy atom. The lowest BCUT2D eigenvalue weighted by Gasteiger charge is -2.12. The van der Waals surface area contributed by atoms with E-state index in [1.165, 1.54) is 28.8 Å². The maximum absolute atomic E-state index is 9.63. The molecule has 0 unspecified atom stereocenters. The maximum Gasteiger partial charge on any atom is 0.0711 e. The monoisotopic (exact) mass is 227 g/mol. The highest BCUT2D eigenvalue weighted by molar-refractivity contribution is 5.85. The molecule has 1 aromatic heterocycles. The van der Waals surface area contributed by atoms with Gasteiger partial charge in [-0.05, 0) is 67.5 Å². The molecule has 1 heterocycles. The van der Waals surface area contributed by atoms with Crippen LogP contribution in [0.2, 0.25) is 0 Å². The lowest BCUT2D eigenvalue weighted by molar-refractivity contribution is 0.282. The normalized spacial score (nSPS) is 14.3. The average Bonchev–Trinajstić information content (AvgIpc) is 2.75. The molecular formula is C15H17NO. The standard InChI is InChI=1S/C15H17NO/c1-9-6-12-13(8-17)11-4-3-5-14(11)16-15(12)7-10(9)2/h6-7,17H,3-5,8H2,1-2H3. The van der Waals surface area contributed by atoms with Crippen LogP contribution in [0.15, 0.2) is 12.1 Å². The Labute approximate surface area is 101 Å². The van der Waals surface area contributed by atoms with Crippen molar-refractivity contribution in [3.05, 3.63) is 40.1 Å². The van der Waals surface area contributed by atoms with Crippen LogP contribution < -0.4 is 0 Å². The van der Waals surface area contributed by atoms with E-state index in [4.69, 9.17) is 4.98 Å². The fourth-order valence-corrected chi connectivity index (χ4v) is 2.80. The zero-order chi connectivity index (χ0) is 12.0. The minimum Gasteiger partial charge on any atom is -0.392 e. The number of hydrogen-bond acceptors (Lipinski definition) is 2. The van der Waals surface area contributed by atoms with E-state index in [1.807, 2.05) is 0 Å². The third kappa shape index (κ3) is 1.55. The average molecular weight is 227 g/mol. The van der Waals surface area contributed by atoms with Crippen molar-refractivity contribution in [1.82, 2.24) is 4.98 Å². The van der Waals surface area contributed by atoms with Gasteiger partial charge in [0.25, 0.3) is 0 Å². The molecule has 2 nitrogen and oxygen atoms in total. The minimum atomic E-state index is 0.129. The van der Waals surface area contributed by atoms with Crippen molar-refractivity contribution in [2.45, 2.75) is 39.7 Å². The molecule has 17 heavy (non-hydrogen) atoms. The van der Waals surface area contributed by atoms with Crippen LogP contribution in [0.1, 0.15) is 34.4 Å². The predicted octanol–water partition coefficient (Wildman–Crippen LogP) is 2.83. The van der Waals surface area contributed by atoms with Crippen LogP contribution >= 0.6 is 0 Å². The molecule has 1 N–H and O–H groups in total. The van der Waals surface area contributed by atoms with Crippen molar-refractivity contribution < 1.29 is 5.11 Å². The lowest BCUT2D eigenvalue weighted by atomic mass is 9.98. The zero-order valence-corrected chi connectivity index (χ0v) is 10.4. The second-order valence-corrected chi connectivity index (χ2v) is 4.98. The number of benzene rings is 1. The molecular weight excluding hydrogens is 210 g/mol. The van der Waals surface area contributed by atoms with E-state index in [9.17, 15) is 5.11 Å².